The predicted molar refractivity (Wildman–Crippen MR) is 102 cm³/mol. The second kappa shape index (κ2) is 7.15. The van der Waals surface area contributed by atoms with Crippen molar-refractivity contribution in [2.45, 2.75) is 18.0 Å². The summed E-state index contributed by atoms with van der Waals surface area (Å²) in [6.07, 6.45) is 2.81. The van der Waals surface area contributed by atoms with Gasteiger partial charge in [0, 0.05) is 11.9 Å². The average molecular weight is 434 g/mol. The van der Waals surface area contributed by atoms with Crippen LogP contribution < -0.4 is 5.32 Å². The molecule has 2 aromatic heterocycles. The molecule has 3 aromatic rings. The first-order valence-corrected chi connectivity index (χ1v) is 10.8. The molecule has 138 valence electrons. The minimum atomic E-state index is -3.00. The van der Waals surface area contributed by atoms with Gasteiger partial charge in [-0.05, 0) is 24.6 Å². The third kappa shape index (κ3) is 4.01. The van der Waals surface area contributed by atoms with E-state index in [2.05, 4.69) is 20.3 Å². The number of nitrogens with one attached hydrogen (secondary N) is 3. The molecule has 0 aliphatic heterocycles. The molecule has 3 rings (SSSR count). The monoisotopic (exact) mass is 433 g/mol. The number of aromatic amines is 1. The third-order valence-corrected chi connectivity index (χ3v) is 5.99. The molecule has 2 heterocycles. The minimum absolute atomic E-state index is 0.0326. The van der Waals surface area contributed by atoms with Gasteiger partial charge < -0.3 is 10.3 Å². The first-order chi connectivity index (χ1) is 12.1. The van der Waals surface area contributed by atoms with Gasteiger partial charge in [-0.25, -0.2) is 23.3 Å². The lowest BCUT2D eigenvalue weighted by atomic mass is 10.1. The minimum Gasteiger partial charge on any atom is -0.348 e. The summed E-state index contributed by atoms with van der Waals surface area (Å²) in [4.78, 5) is 11.5. The summed E-state index contributed by atoms with van der Waals surface area (Å²) >= 11 is 13.1. The van der Waals surface area contributed by atoms with Crippen LogP contribution in [-0.2, 0) is 9.73 Å². The van der Waals surface area contributed by atoms with Crippen LogP contribution in [0.4, 0.5) is 9.52 Å². The number of thiazole rings is 1. The molecule has 1 aromatic carbocycles. The number of rotatable bonds is 5. The van der Waals surface area contributed by atoms with Gasteiger partial charge >= 0.3 is 0 Å². The predicted octanol–water partition coefficient (Wildman–Crippen LogP) is 4.86. The van der Waals surface area contributed by atoms with Crippen LogP contribution in [0.15, 0.2) is 29.4 Å². The average Bonchev–Trinajstić information content (AvgIpc) is 3.13. The summed E-state index contributed by atoms with van der Waals surface area (Å²) in [5.41, 5.74) is 1.15. The van der Waals surface area contributed by atoms with Gasteiger partial charge in [0.1, 0.15) is 22.0 Å². The largest absolute Gasteiger partial charge is 0.348 e. The number of H-pyrrole nitrogens is 1. The van der Waals surface area contributed by atoms with Gasteiger partial charge in [-0.15, -0.1) is 0 Å². The van der Waals surface area contributed by atoms with Gasteiger partial charge in [0.2, 0.25) is 0 Å². The Hall–Kier alpha value is -1.68. The number of aryl methyl sites for hydroxylation is 1. The molecule has 0 aliphatic rings. The first kappa shape index (κ1) is 19.1. The van der Waals surface area contributed by atoms with Gasteiger partial charge in [-0.3, -0.25) is 0 Å². The molecule has 6 nitrogen and oxygen atoms in total. The summed E-state index contributed by atoms with van der Waals surface area (Å²) in [7, 11) is -3.00. The quantitative estimate of drug-likeness (QED) is 0.535. The number of anilines is 1. The van der Waals surface area contributed by atoms with E-state index in [0.29, 0.717) is 26.5 Å². The van der Waals surface area contributed by atoms with Gasteiger partial charge in [0.25, 0.3) is 0 Å². The van der Waals surface area contributed by atoms with Crippen molar-refractivity contribution in [1.29, 1.82) is 4.78 Å². The van der Waals surface area contributed by atoms with Crippen molar-refractivity contribution >= 4 is 49.4 Å². The molecule has 0 saturated carbocycles. The van der Waals surface area contributed by atoms with E-state index in [1.54, 1.807) is 13.0 Å². The molecule has 0 spiro atoms. The molecule has 0 radical (unpaired) electrons. The Morgan fingerprint density at radius 1 is 1.42 bits per heavy atom. The van der Waals surface area contributed by atoms with E-state index < -0.39 is 21.6 Å². The topological polar surface area (TPSA) is 94.5 Å². The van der Waals surface area contributed by atoms with E-state index >= 15 is 0 Å². The lowest BCUT2D eigenvalue weighted by Crippen LogP contribution is -2.14. The lowest BCUT2D eigenvalue weighted by molar-refractivity contribution is 0.627. The zero-order valence-electron chi connectivity index (χ0n) is 13.6. The summed E-state index contributed by atoms with van der Waals surface area (Å²) in [6.45, 7) is 1.69. The van der Waals surface area contributed by atoms with Crippen molar-refractivity contribution in [3.05, 3.63) is 56.7 Å². The second-order valence-electron chi connectivity index (χ2n) is 5.62. The SMILES string of the molecule is Cc1[nH]c(C(Nc2ncc(Cl)s2)c2ccc(F)c(Cl)c2)nc1S(C)(=N)=O. The molecule has 0 fully saturated rings. The Labute approximate surface area is 163 Å². The van der Waals surface area contributed by atoms with Crippen molar-refractivity contribution in [2.24, 2.45) is 0 Å². The number of nitrogens with zero attached hydrogens (tertiary/aromatic N) is 2. The van der Waals surface area contributed by atoms with Crippen molar-refractivity contribution in [3.8, 4) is 0 Å². The standard InChI is InChI=1S/C15H14Cl2FN5OS2/c1-7-14(26(2,19)24)23-13(21-7)12(22-15-20-6-11(17)25-15)8-3-4-10(18)9(16)5-8/h3-6,12,19H,1-2H3,(H,20,22)(H,21,23). The van der Waals surface area contributed by atoms with Gasteiger partial charge in [0.05, 0.1) is 20.9 Å². The number of hydrogen-bond donors (Lipinski definition) is 3. The normalized spacial score (nSPS) is 14.8. The van der Waals surface area contributed by atoms with Crippen LogP contribution in [0.2, 0.25) is 9.36 Å². The molecule has 0 bridgehead atoms. The zero-order valence-corrected chi connectivity index (χ0v) is 16.8. The van der Waals surface area contributed by atoms with E-state index in [9.17, 15) is 8.60 Å². The number of aromatic nitrogens is 3. The smallest absolute Gasteiger partial charge is 0.184 e. The Kier molecular flexibility index (Phi) is 5.25. The molecule has 0 amide bonds. The van der Waals surface area contributed by atoms with Crippen molar-refractivity contribution < 1.29 is 8.60 Å². The van der Waals surface area contributed by atoms with Crippen LogP contribution in [0.3, 0.4) is 0 Å². The summed E-state index contributed by atoms with van der Waals surface area (Å²) < 4.78 is 33.9. The van der Waals surface area contributed by atoms with Gasteiger partial charge in [0.15, 0.2) is 10.2 Å². The molecular weight excluding hydrogens is 420 g/mol. The summed E-state index contributed by atoms with van der Waals surface area (Å²) in [6, 6.07) is 3.72. The van der Waals surface area contributed by atoms with Crippen LogP contribution in [0.1, 0.15) is 23.1 Å². The van der Waals surface area contributed by atoms with Crippen LogP contribution in [0, 0.1) is 17.5 Å². The fourth-order valence-corrected chi connectivity index (χ4v) is 4.37. The Bertz CT molecular complexity index is 1060. The van der Waals surface area contributed by atoms with Crippen molar-refractivity contribution in [3.63, 3.8) is 0 Å². The molecule has 2 unspecified atom stereocenters. The maximum atomic E-state index is 13.6. The molecule has 26 heavy (non-hydrogen) atoms. The Morgan fingerprint density at radius 3 is 2.69 bits per heavy atom. The summed E-state index contributed by atoms with van der Waals surface area (Å²) in [5.74, 6) is -0.126. The zero-order chi connectivity index (χ0) is 19.1. The Morgan fingerprint density at radius 2 is 2.15 bits per heavy atom. The van der Waals surface area contributed by atoms with Crippen LogP contribution in [0.25, 0.3) is 0 Å². The maximum absolute atomic E-state index is 13.6. The van der Waals surface area contributed by atoms with Crippen LogP contribution >= 0.6 is 34.5 Å². The highest BCUT2D eigenvalue weighted by molar-refractivity contribution is 7.91. The third-order valence-electron chi connectivity index (χ3n) is 3.52. The molecule has 2 atom stereocenters. The molecule has 0 saturated heterocycles. The van der Waals surface area contributed by atoms with Crippen LogP contribution in [0.5, 0.6) is 0 Å². The molecule has 0 aliphatic carbocycles. The highest BCUT2D eigenvalue weighted by Crippen LogP contribution is 2.32. The Balaban J connectivity index is 2.09. The van der Waals surface area contributed by atoms with Crippen LogP contribution in [-0.4, -0.2) is 25.4 Å². The number of benzene rings is 1. The highest BCUT2D eigenvalue weighted by Gasteiger charge is 2.23. The summed E-state index contributed by atoms with van der Waals surface area (Å²) in [5, 5.41) is 3.83. The van der Waals surface area contributed by atoms with E-state index in [0.717, 1.165) is 0 Å². The van der Waals surface area contributed by atoms with Crippen molar-refractivity contribution in [1.82, 2.24) is 15.0 Å². The number of halogens is 3. The first-order valence-electron chi connectivity index (χ1n) is 7.28. The second-order valence-corrected chi connectivity index (χ2v) is 9.76. The number of hydrogen-bond acceptors (Lipinski definition) is 6. The molecule has 11 heteroatoms. The van der Waals surface area contributed by atoms with Crippen molar-refractivity contribution in [2.75, 3.05) is 11.6 Å². The lowest BCUT2D eigenvalue weighted by Gasteiger charge is -2.17. The molecule has 3 N–H and O–H groups in total. The number of imidazole rings is 1. The van der Waals surface area contributed by atoms with E-state index in [1.807, 2.05) is 0 Å². The molecular formula is C15H14Cl2FN5OS2. The van der Waals surface area contributed by atoms with E-state index in [4.69, 9.17) is 28.0 Å². The maximum Gasteiger partial charge on any atom is 0.184 e. The van der Waals surface area contributed by atoms with E-state index in [-0.39, 0.29) is 10.0 Å². The van der Waals surface area contributed by atoms with Gasteiger partial charge in [-0.1, -0.05) is 40.6 Å². The fourth-order valence-electron chi connectivity index (χ4n) is 2.43. The fraction of sp³-hybridized carbons (Fsp3) is 0.200. The van der Waals surface area contributed by atoms with E-state index in [1.165, 1.54) is 35.9 Å². The highest BCUT2D eigenvalue weighted by atomic mass is 35.5. The van der Waals surface area contributed by atoms with Gasteiger partial charge in [-0.2, -0.15) is 0 Å².